The monoisotopic (exact) mass is 215 g/mol. The first-order valence-corrected chi connectivity index (χ1v) is 5.59. The molecule has 1 aliphatic heterocycles. The molecule has 1 atom stereocenters. The Bertz CT molecular complexity index is 200. The van der Waals surface area contributed by atoms with Crippen molar-refractivity contribution in [2.45, 2.75) is 32.3 Å². The molecular formula is C11H21NO3. The molecule has 1 unspecified atom stereocenters. The van der Waals surface area contributed by atoms with Crippen LogP contribution in [-0.4, -0.2) is 48.8 Å². The van der Waals surface area contributed by atoms with Crippen LogP contribution in [0.2, 0.25) is 0 Å². The van der Waals surface area contributed by atoms with E-state index in [1.165, 1.54) is 20.0 Å². The summed E-state index contributed by atoms with van der Waals surface area (Å²) in [4.78, 5) is 13.1. The van der Waals surface area contributed by atoms with Crippen molar-refractivity contribution in [3.8, 4) is 0 Å². The van der Waals surface area contributed by atoms with Crippen LogP contribution in [0.5, 0.6) is 0 Å². The lowest BCUT2D eigenvalue weighted by atomic mass is 9.99. The molecule has 0 saturated carbocycles. The highest BCUT2D eigenvalue weighted by molar-refractivity contribution is 5.69. The van der Waals surface area contributed by atoms with Crippen molar-refractivity contribution in [3.05, 3.63) is 0 Å². The molecule has 4 heteroatoms. The van der Waals surface area contributed by atoms with E-state index in [2.05, 4.69) is 16.6 Å². The van der Waals surface area contributed by atoms with Gasteiger partial charge in [0.15, 0.2) is 0 Å². The number of β-amino-alcohol motifs (C(OH)–C–C–N with tert-alkyl or cyclic N) is 1. The Balaban J connectivity index is 2.20. The standard InChI is InChI=1S/C11H21NO3/c1-9-3-5-12(6-4-9)8-10(13)7-11(14)15-2/h9-10,13H,3-8H2,1-2H3. The van der Waals surface area contributed by atoms with Crippen LogP contribution >= 0.6 is 0 Å². The highest BCUT2D eigenvalue weighted by atomic mass is 16.5. The smallest absolute Gasteiger partial charge is 0.308 e. The van der Waals surface area contributed by atoms with Gasteiger partial charge in [0.25, 0.3) is 0 Å². The zero-order chi connectivity index (χ0) is 11.3. The number of carbonyl (C=O) groups excluding carboxylic acids is 1. The summed E-state index contributed by atoms with van der Waals surface area (Å²) in [5.74, 6) is 0.451. The molecule has 0 spiro atoms. The maximum atomic E-state index is 10.9. The Morgan fingerprint density at radius 1 is 1.53 bits per heavy atom. The Morgan fingerprint density at radius 2 is 2.13 bits per heavy atom. The van der Waals surface area contributed by atoms with Gasteiger partial charge in [-0.3, -0.25) is 4.79 Å². The maximum Gasteiger partial charge on any atom is 0.308 e. The van der Waals surface area contributed by atoms with E-state index in [1.54, 1.807) is 0 Å². The molecule has 0 aromatic carbocycles. The molecule has 0 amide bonds. The van der Waals surface area contributed by atoms with Gasteiger partial charge in [-0.05, 0) is 31.8 Å². The molecule has 1 heterocycles. The number of nitrogens with zero attached hydrogens (tertiary/aromatic N) is 1. The van der Waals surface area contributed by atoms with Crippen molar-refractivity contribution in [1.29, 1.82) is 0 Å². The van der Waals surface area contributed by atoms with Gasteiger partial charge >= 0.3 is 5.97 Å². The lowest BCUT2D eigenvalue weighted by Crippen LogP contribution is -2.39. The third kappa shape index (κ3) is 4.62. The van der Waals surface area contributed by atoms with Gasteiger partial charge in [0.2, 0.25) is 0 Å². The first-order valence-electron chi connectivity index (χ1n) is 5.59. The second kappa shape index (κ2) is 6.08. The van der Waals surface area contributed by atoms with Gasteiger partial charge in [-0.25, -0.2) is 0 Å². The van der Waals surface area contributed by atoms with E-state index in [4.69, 9.17) is 0 Å². The Kier molecular flexibility index (Phi) is 5.05. The molecule has 0 aliphatic carbocycles. The topological polar surface area (TPSA) is 49.8 Å². The summed E-state index contributed by atoms with van der Waals surface area (Å²) < 4.78 is 4.51. The summed E-state index contributed by atoms with van der Waals surface area (Å²) in [5.41, 5.74) is 0. The number of aliphatic hydroxyl groups is 1. The molecule has 1 fully saturated rings. The highest BCUT2D eigenvalue weighted by Crippen LogP contribution is 2.16. The maximum absolute atomic E-state index is 10.9. The third-order valence-electron chi connectivity index (χ3n) is 2.98. The minimum atomic E-state index is -0.592. The molecule has 1 N–H and O–H groups in total. The number of ether oxygens (including phenoxy) is 1. The van der Waals surface area contributed by atoms with Gasteiger partial charge in [-0.2, -0.15) is 0 Å². The van der Waals surface area contributed by atoms with Crippen molar-refractivity contribution in [2.24, 2.45) is 5.92 Å². The molecular weight excluding hydrogens is 194 g/mol. The third-order valence-corrected chi connectivity index (χ3v) is 2.98. The molecule has 88 valence electrons. The highest BCUT2D eigenvalue weighted by Gasteiger charge is 2.19. The van der Waals surface area contributed by atoms with Gasteiger partial charge < -0.3 is 14.7 Å². The minimum absolute atomic E-state index is 0.0998. The van der Waals surface area contributed by atoms with E-state index >= 15 is 0 Å². The molecule has 0 aromatic heterocycles. The van der Waals surface area contributed by atoms with E-state index in [1.807, 2.05) is 0 Å². The predicted molar refractivity (Wildman–Crippen MR) is 57.5 cm³/mol. The lowest BCUT2D eigenvalue weighted by Gasteiger charge is -2.31. The van der Waals surface area contributed by atoms with Crippen LogP contribution in [-0.2, 0) is 9.53 Å². The fourth-order valence-electron chi connectivity index (χ4n) is 1.88. The number of rotatable bonds is 4. The molecule has 0 bridgehead atoms. The number of piperidine rings is 1. The molecule has 1 saturated heterocycles. The van der Waals surface area contributed by atoms with Crippen LogP contribution in [0, 0.1) is 5.92 Å². The Morgan fingerprint density at radius 3 is 2.67 bits per heavy atom. The first kappa shape index (κ1) is 12.5. The summed E-state index contributed by atoms with van der Waals surface area (Å²) in [6, 6.07) is 0. The average molecular weight is 215 g/mol. The van der Waals surface area contributed by atoms with Crippen molar-refractivity contribution < 1.29 is 14.6 Å². The normalized spacial score (nSPS) is 21.3. The molecule has 4 nitrogen and oxygen atoms in total. The number of aliphatic hydroxyl groups excluding tert-OH is 1. The van der Waals surface area contributed by atoms with Crippen LogP contribution < -0.4 is 0 Å². The van der Waals surface area contributed by atoms with E-state index in [9.17, 15) is 9.90 Å². The van der Waals surface area contributed by atoms with Gasteiger partial charge in [0.05, 0.1) is 19.6 Å². The predicted octanol–water partition coefficient (Wildman–Crippen LogP) is 0.642. The van der Waals surface area contributed by atoms with E-state index < -0.39 is 6.10 Å². The number of hydrogen-bond donors (Lipinski definition) is 1. The summed E-state index contributed by atoms with van der Waals surface area (Å²) in [6.45, 7) is 4.89. The van der Waals surface area contributed by atoms with Crippen LogP contribution in [0.25, 0.3) is 0 Å². The number of esters is 1. The van der Waals surface area contributed by atoms with Crippen molar-refractivity contribution in [1.82, 2.24) is 4.90 Å². The van der Waals surface area contributed by atoms with Crippen molar-refractivity contribution >= 4 is 5.97 Å². The van der Waals surface area contributed by atoms with Crippen molar-refractivity contribution in [3.63, 3.8) is 0 Å². The van der Waals surface area contributed by atoms with E-state index in [0.717, 1.165) is 19.0 Å². The van der Waals surface area contributed by atoms with Crippen LogP contribution in [0.15, 0.2) is 0 Å². The van der Waals surface area contributed by atoms with Gasteiger partial charge in [-0.1, -0.05) is 6.92 Å². The summed E-state index contributed by atoms with van der Waals surface area (Å²) in [6.07, 6.45) is 1.88. The molecule has 1 rings (SSSR count). The molecule has 0 aromatic rings. The Labute approximate surface area is 91.2 Å². The summed E-state index contributed by atoms with van der Waals surface area (Å²) in [5, 5.41) is 9.63. The second-order valence-corrected chi connectivity index (χ2v) is 4.42. The van der Waals surface area contributed by atoms with Gasteiger partial charge in [-0.15, -0.1) is 0 Å². The van der Waals surface area contributed by atoms with Crippen LogP contribution in [0.1, 0.15) is 26.2 Å². The summed E-state index contributed by atoms with van der Waals surface area (Å²) in [7, 11) is 1.34. The molecule has 0 radical (unpaired) electrons. The number of likely N-dealkylation sites (tertiary alicyclic amines) is 1. The zero-order valence-electron chi connectivity index (χ0n) is 9.61. The number of methoxy groups -OCH3 is 1. The zero-order valence-corrected chi connectivity index (χ0v) is 9.61. The van der Waals surface area contributed by atoms with Gasteiger partial charge in [0.1, 0.15) is 0 Å². The van der Waals surface area contributed by atoms with E-state index in [-0.39, 0.29) is 12.4 Å². The first-order chi connectivity index (χ1) is 7.11. The largest absolute Gasteiger partial charge is 0.469 e. The number of hydrogen-bond acceptors (Lipinski definition) is 4. The molecule has 1 aliphatic rings. The second-order valence-electron chi connectivity index (χ2n) is 4.42. The Hall–Kier alpha value is -0.610. The van der Waals surface area contributed by atoms with Crippen molar-refractivity contribution in [2.75, 3.05) is 26.7 Å². The van der Waals surface area contributed by atoms with Crippen LogP contribution in [0.4, 0.5) is 0 Å². The number of carbonyl (C=O) groups is 1. The lowest BCUT2D eigenvalue weighted by molar-refractivity contribution is -0.143. The fraction of sp³-hybridized carbons (Fsp3) is 0.909. The van der Waals surface area contributed by atoms with E-state index in [0.29, 0.717) is 6.54 Å². The molecule has 15 heavy (non-hydrogen) atoms. The quantitative estimate of drug-likeness (QED) is 0.699. The minimum Gasteiger partial charge on any atom is -0.469 e. The van der Waals surface area contributed by atoms with Gasteiger partial charge in [0, 0.05) is 6.54 Å². The fourth-order valence-corrected chi connectivity index (χ4v) is 1.88. The average Bonchev–Trinajstić information content (AvgIpc) is 2.21. The SMILES string of the molecule is COC(=O)CC(O)CN1CCC(C)CC1. The summed E-state index contributed by atoms with van der Waals surface area (Å²) >= 11 is 0. The van der Waals surface area contributed by atoms with Crippen LogP contribution in [0.3, 0.4) is 0 Å².